The molecule has 1 unspecified atom stereocenters. The van der Waals surface area contributed by atoms with Crippen LogP contribution in [0.4, 0.5) is 0 Å². The van der Waals surface area contributed by atoms with Crippen molar-refractivity contribution < 1.29 is 4.74 Å². The van der Waals surface area contributed by atoms with Crippen molar-refractivity contribution in [3.63, 3.8) is 0 Å². The third-order valence-corrected chi connectivity index (χ3v) is 2.86. The molecule has 1 heteroatoms. The average molecular weight is 190 g/mol. The van der Waals surface area contributed by atoms with Gasteiger partial charge >= 0.3 is 0 Å². The molecule has 1 atom stereocenters. The zero-order valence-electron chi connectivity index (χ0n) is 8.72. The second kappa shape index (κ2) is 5.22. The van der Waals surface area contributed by atoms with Crippen LogP contribution in [0.5, 0.6) is 0 Å². The van der Waals surface area contributed by atoms with Gasteiger partial charge in [0.25, 0.3) is 0 Å². The number of allylic oxidation sites excluding steroid dienone is 2. The molecule has 1 aliphatic carbocycles. The average Bonchev–Trinajstić information content (AvgIpc) is 2.29. The zero-order chi connectivity index (χ0) is 9.64. The predicted octanol–water partition coefficient (Wildman–Crippen LogP) is 3.06. The SMILES string of the molecule is C(#CC1CCCCO1)C1=CCCCC1. The standard InChI is InChI=1S/C13H18O/c1-2-6-12(7-3-1)9-10-13-8-4-5-11-14-13/h6,13H,1-5,7-8,11H2. The number of hydrogen-bond acceptors (Lipinski definition) is 1. The fourth-order valence-electron chi connectivity index (χ4n) is 1.98. The molecule has 0 spiro atoms. The largest absolute Gasteiger partial charge is 0.366 e. The Kier molecular flexibility index (Phi) is 3.65. The third kappa shape index (κ3) is 2.89. The summed E-state index contributed by atoms with van der Waals surface area (Å²) in [5, 5.41) is 0. The third-order valence-electron chi connectivity index (χ3n) is 2.86. The molecule has 1 heterocycles. The first-order valence-electron chi connectivity index (χ1n) is 5.77. The smallest absolute Gasteiger partial charge is 0.118 e. The monoisotopic (exact) mass is 190 g/mol. The van der Waals surface area contributed by atoms with E-state index in [2.05, 4.69) is 17.9 Å². The molecule has 0 aromatic carbocycles. The van der Waals surface area contributed by atoms with Gasteiger partial charge in [0.05, 0.1) is 0 Å². The van der Waals surface area contributed by atoms with Crippen molar-refractivity contribution in [2.75, 3.05) is 6.61 Å². The minimum absolute atomic E-state index is 0.214. The topological polar surface area (TPSA) is 9.23 Å². The van der Waals surface area contributed by atoms with Crippen LogP contribution in [0, 0.1) is 11.8 Å². The van der Waals surface area contributed by atoms with Gasteiger partial charge in [0.2, 0.25) is 0 Å². The van der Waals surface area contributed by atoms with Crippen LogP contribution in [0.2, 0.25) is 0 Å². The maximum atomic E-state index is 5.57. The lowest BCUT2D eigenvalue weighted by Crippen LogP contribution is -2.16. The van der Waals surface area contributed by atoms with Crippen LogP contribution >= 0.6 is 0 Å². The van der Waals surface area contributed by atoms with Gasteiger partial charge < -0.3 is 4.74 Å². The summed E-state index contributed by atoms with van der Waals surface area (Å²) in [5.74, 6) is 6.53. The lowest BCUT2D eigenvalue weighted by molar-refractivity contribution is 0.0525. The van der Waals surface area contributed by atoms with Gasteiger partial charge in [0.1, 0.15) is 6.10 Å². The van der Waals surface area contributed by atoms with Crippen molar-refractivity contribution in [1.82, 2.24) is 0 Å². The van der Waals surface area contributed by atoms with Crippen LogP contribution in [0.1, 0.15) is 44.9 Å². The van der Waals surface area contributed by atoms with Crippen molar-refractivity contribution >= 4 is 0 Å². The molecule has 2 aliphatic rings. The number of hydrogen-bond donors (Lipinski definition) is 0. The van der Waals surface area contributed by atoms with Gasteiger partial charge in [0, 0.05) is 6.61 Å². The molecule has 1 fully saturated rings. The molecule has 14 heavy (non-hydrogen) atoms. The molecule has 0 aromatic heterocycles. The van der Waals surface area contributed by atoms with Gasteiger partial charge in [-0.05, 0) is 50.5 Å². The predicted molar refractivity (Wildman–Crippen MR) is 57.9 cm³/mol. The first-order chi connectivity index (χ1) is 6.95. The molecule has 0 radical (unpaired) electrons. The molecule has 1 aliphatic heterocycles. The Morgan fingerprint density at radius 3 is 2.93 bits per heavy atom. The molecule has 76 valence electrons. The molecular formula is C13H18O. The summed E-state index contributed by atoms with van der Waals surface area (Å²) in [6.45, 7) is 0.901. The minimum Gasteiger partial charge on any atom is -0.366 e. The summed E-state index contributed by atoms with van der Waals surface area (Å²) >= 11 is 0. The summed E-state index contributed by atoms with van der Waals surface area (Å²) in [4.78, 5) is 0. The summed E-state index contributed by atoms with van der Waals surface area (Å²) < 4.78 is 5.57. The molecular weight excluding hydrogens is 172 g/mol. The molecule has 0 saturated carbocycles. The lowest BCUT2D eigenvalue weighted by atomic mass is 9.99. The Morgan fingerprint density at radius 1 is 1.21 bits per heavy atom. The van der Waals surface area contributed by atoms with Crippen molar-refractivity contribution in [1.29, 1.82) is 0 Å². The summed E-state index contributed by atoms with van der Waals surface area (Å²) in [7, 11) is 0. The van der Waals surface area contributed by atoms with Gasteiger partial charge in [-0.25, -0.2) is 0 Å². The van der Waals surface area contributed by atoms with E-state index in [0.717, 1.165) is 13.0 Å². The van der Waals surface area contributed by atoms with E-state index < -0.39 is 0 Å². The maximum absolute atomic E-state index is 5.57. The molecule has 0 amide bonds. The molecule has 0 N–H and O–H groups in total. The van der Waals surface area contributed by atoms with Crippen LogP contribution in [-0.4, -0.2) is 12.7 Å². The Labute approximate surface area is 86.5 Å². The highest BCUT2D eigenvalue weighted by molar-refractivity contribution is 5.30. The lowest BCUT2D eigenvalue weighted by Gasteiger charge is -2.17. The quantitative estimate of drug-likeness (QED) is 0.533. The maximum Gasteiger partial charge on any atom is 0.118 e. The molecule has 0 bridgehead atoms. The second-order valence-electron chi connectivity index (χ2n) is 4.10. The summed E-state index contributed by atoms with van der Waals surface area (Å²) in [6, 6.07) is 0. The fraction of sp³-hybridized carbons (Fsp3) is 0.692. The van der Waals surface area contributed by atoms with Crippen LogP contribution in [0.25, 0.3) is 0 Å². The number of ether oxygens (including phenoxy) is 1. The first-order valence-corrected chi connectivity index (χ1v) is 5.77. The van der Waals surface area contributed by atoms with Crippen LogP contribution in [-0.2, 0) is 4.74 Å². The Balaban J connectivity index is 1.87. The van der Waals surface area contributed by atoms with E-state index in [1.807, 2.05) is 0 Å². The van der Waals surface area contributed by atoms with E-state index in [9.17, 15) is 0 Å². The van der Waals surface area contributed by atoms with Gasteiger partial charge in [-0.2, -0.15) is 0 Å². The highest BCUT2D eigenvalue weighted by Gasteiger charge is 2.10. The van der Waals surface area contributed by atoms with E-state index >= 15 is 0 Å². The Bertz CT molecular complexity index is 261. The number of rotatable bonds is 0. The van der Waals surface area contributed by atoms with Crippen LogP contribution in [0.15, 0.2) is 11.6 Å². The van der Waals surface area contributed by atoms with E-state index in [4.69, 9.17) is 4.74 Å². The summed E-state index contributed by atoms with van der Waals surface area (Å²) in [5.41, 5.74) is 1.34. The Morgan fingerprint density at radius 2 is 2.21 bits per heavy atom. The van der Waals surface area contributed by atoms with Crippen molar-refractivity contribution in [2.45, 2.75) is 51.0 Å². The molecule has 1 saturated heterocycles. The first kappa shape index (κ1) is 9.80. The van der Waals surface area contributed by atoms with Gasteiger partial charge in [0.15, 0.2) is 0 Å². The van der Waals surface area contributed by atoms with Crippen molar-refractivity contribution in [3.05, 3.63) is 11.6 Å². The Hall–Kier alpha value is -0.740. The van der Waals surface area contributed by atoms with E-state index in [1.54, 1.807) is 0 Å². The highest BCUT2D eigenvalue weighted by atomic mass is 16.5. The molecule has 2 rings (SSSR count). The second-order valence-corrected chi connectivity index (χ2v) is 4.10. The van der Waals surface area contributed by atoms with E-state index in [-0.39, 0.29) is 6.10 Å². The van der Waals surface area contributed by atoms with Crippen molar-refractivity contribution in [2.24, 2.45) is 0 Å². The molecule has 0 aromatic rings. The normalized spacial score (nSPS) is 27.4. The van der Waals surface area contributed by atoms with E-state index in [1.165, 1.54) is 44.1 Å². The van der Waals surface area contributed by atoms with Crippen LogP contribution < -0.4 is 0 Å². The van der Waals surface area contributed by atoms with Gasteiger partial charge in [-0.15, -0.1) is 0 Å². The van der Waals surface area contributed by atoms with Crippen LogP contribution in [0.3, 0.4) is 0 Å². The zero-order valence-corrected chi connectivity index (χ0v) is 8.72. The van der Waals surface area contributed by atoms with Gasteiger partial charge in [-0.1, -0.05) is 17.9 Å². The highest BCUT2D eigenvalue weighted by Crippen LogP contribution is 2.17. The molecule has 1 nitrogen and oxygen atoms in total. The van der Waals surface area contributed by atoms with E-state index in [0.29, 0.717) is 0 Å². The summed E-state index contributed by atoms with van der Waals surface area (Å²) in [6.07, 6.45) is 11.2. The minimum atomic E-state index is 0.214. The van der Waals surface area contributed by atoms with Gasteiger partial charge in [-0.3, -0.25) is 0 Å². The fourth-order valence-corrected chi connectivity index (χ4v) is 1.98. The van der Waals surface area contributed by atoms with Crippen molar-refractivity contribution in [3.8, 4) is 11.8 Å².